The van der Waals surface area contributed by atoms with Gasteiger partial charge in [0.25, 0.3) is 0 Å². The second-order valence-corrected chi connectivity index (χ2v) is 6.48. The topological polar surface area (TPSA) is 54.4 Å². The van der Waals surface area contributed by atoms with Gasteiger partial charge in [0.15, 0.2) is 0 Å². The normalized spacial score (nSPS) is 23.0. The molecule has 2 rings (SSSR count). The number of Topliss-reactive ketones (excluding diaryl/α,β-unsaturated/α-hetero) is 1. The van der Waals surface area contributed by atoms with Crippen LogP contribution in [0.25, 0.3) is 0 Å². The standard InChI is InChI=1S/C18H24O3/c1-10-7-11(2)16(12(3)8-10)13(4)17(19)14-5-6-15(9-14)18(20)21/h7-8,13-15H,5-6,9H2,1-4H3,(H,20,21). The molecule has 1 aliphatic carbocycles. The van der Waals surface area contributed by atoms with Gasteiger partial charge in [0.1, 0.15) is 5.78 Å². The van der Waals surface area contributed by atoms with Gasteiger partial charge in [-0.25, -0.2) is 0 Å². The predicted octanol–water partition coefficient (Wildman–Crippen LogP) is 3.79. The first-order chi connectivity index (χ1) is 9.81. The molecule has 21 heavy (non-hydrogen) atoms. The van der Waals surface area contributed by atoms with Gasteiger partial charge in [0.2, 0.25) is 0 Å². The molecule has 3 unspecified atom stereocenters. The van der Waals surface area contributed by atoms with E-state index < -0.39 is 5.97 Å². The average molecular weight is 288 g/mol. The fourth-order valence-electron chi connectivity index (χ4n) is 3.83. The first kappa shape index (κ1) is 15.7. The zero-order valence-corrected chi connectivity index (χ0v) is 13.3. The van der Waals surface area contributed by atoms with Gasteiger partial charge < -0.3 is 5.11 Å². The largest absolute Gasteiger partial charge is 0.481 e. The molecule has 0 aliphatic heterocycles. The van der Waals surface area contributed by atoms with E-state index in [2.05, 4.69) is 19.1 Å². The molecule has 0 amide bonds. The Morgan fingerprint density at radius 2 is 1.62 bits per heavy atom. The molecular weight excluding hydrogens is 264 g/mol. The van der Waals surface area contributed by atoms with Crippen LogP contribution >= 0.6 is 0 Å². The third-order valence-corrected chi connectivity index (χ3v) is 4.78. The predicted molar refractivity (Wildman–Crippen MR) is 82.5 cm³/mol. The van der Waals surface area contributed by atoms with Crippen molar-refractivity contribution in [2.45, 2.75) is 52.9 Å². The molecule has 1 fully saturated rings. The highest BCUT2D eigenvalue weighted by molar-refractivity contribution is 5.89. The van der Waals surface area contributed by atoms with E-state index in [1.807, 2.05) is 20.8 Å². The Morgan fingerprint density at radius 3 is 2.10 bits per heavy atom. The molecule has 0 spiro atoms. The Kier molecular flexibility index (Phi) is 4.50. The lowest BCUT2D eigenvalue weighted by atomic mass is 9.83. The first-order valence-electron chi connectivity index (χ1n) is 7.65. The van der Waals surface area contributed by atoms with Crippen LogP contribution in [-0.2, 0) is 9.59 Å². The smallest absolute Gasteiger partial charge is 0.306 e. The second-order valence-electron chi connectivity index (χ2n) is 6.48. The average Bonchev–Trinajstić information content (AvgIpc) is 2.86. The molecule has 1 aromatic rings. The number of aryl methyl sites for hydroxylation is 3. The summed E-state index contributed by atoms with van der Waals surface area (Å²) in [4.78, 5) is 23.8. The maximum atomic E-state index is 12.7. The number of carboxylic acids is 1. The summed E-state index contributed by atoms with van der Waals surface area (Å²) in [6.07, 6.45) is 1.84. The maximum absolute atomic E-state index is 12.7. The van der Waals surface area contributed by atoms with E-state index >= 15 is 0 Å². The zero-order valence-electron chi connectivity index (χ0n) is 13.3. The summed E-state index contributed by atoms with van der Waals surface area (Å²) in [6, 6.07) is 4.22. The van der Waals surface area contributed by atoms with Crippen LogP contribution in [0.15, 0.2) is 12.1 Å². The summed E-state index contributed by atoms with van der Waals surface area (Å²) in [5.74, 6) is -1.15. The number of carboxylic acid groups (broad SMARTS) is 1. The minimum absolute atomic E-state index is 0.0961. The summed E-state index contributed by atoms with van der Waals surface area (Å²) in [5.41, 5.74) is 4.63. The van der Waals surface area contributed by atoms with Gasteiger partial charge in [0.05, 0.1) is 5.92 Å². The molecule has 1 aliphatic rings. The number of rotatable bonds is 4. The number of hydrogen-bond acceptors (Lipinski definition) is 2. The quantitative estimate of drug-likeness (QED) is 0.917. The van der Waals surface area contributed by atoms with Crippen molar-refractivity contribution < 1.29 is 14.7 Å². The van der Waals surface area contributed by atoms with Crippen molar-refractivity contribution in [2.24, 2.45) is 11.8 Å². The minimum Gasteiger partial charge on any atom is -0.481 e. The van der Waals surface area contributed by atoms with Crippen molar-refractivity contribution in [3.63, 3.8) is 0 Å². The molecule has 3 heteroatoms. The summed E-state index contributed by atoms with van der Waals surface area (Å²) < 4.78 is 0. The van der Waals surface area contributed by atoms with Gasteiger partial charge in [-0.2, -0.15) is 0 Å². The van der Waals surface area contributed by atoms with Gasteiger partial charge in [-0.05, 0) is 56.7 Å². The molecule has 3 atom stereocenters. The van der Waals surface area contributed by atoms with Crippen LogP contribution in [0.5, 0.6) is 0 Å². The number of aliphatic carboxylic acids is 1. The van der Waals surface area contributed by atoms with Gasteiger partial charge in [-0.15, -0.1) is 0 Å². The number of carbonyl (C=O) groups is 2. The monoisotopic (exact) mass is 288 g/mol. The molecule has 0 radical (unpaired) electrons. The lowest BCUT2D eigenvalue weighted by molar-refractivity contribution is -0.141. The molecule has 0 aromatic heterocycles. The summed E-state index contributed by atoms with van der Waals surface area (Å²) >= 11 is 0. The number of carbonyl (C=O) groups excluding carboxylic acids is 1. The van der Waals surface area contributed by atoms with Crippen molar-refractivity contribution >= 4 is 11.8 Å². The van der Waals surface area contributed by atoms with Crippen molar-refractivity contribution in [3.8, 4) is 0 Å². The van der Waals surface area contributed by atoms with Crippen LogP contribution in [0.2, 0.25) is 0 Å². The van der Waals surface area contributed by atoms with Crippen molar-refractivity contribution in [2.75, 3.05) is 0 Å². The van der Waals surface area contributed by atoms with Crippen molar-refractivity contribution in [3.05, 3.63) is 34.4 Å². The van der Waals surface area contributed by atoms with Crippen molar-refractivity contribution in [1.82, 2.24) is 0 Å². The first-order valence-corrected chi connectivity index (χ1v) is 7.65. The molecule has 114 valence electrons. The Bertz CT molecular complexity index is 551. The lowest BCUT2D eigenvalue weighted by Crippen LogP contribution is -2.21. The molecule has 1 aromatic carbocycles. The van der Waals surface area contributed by atoms with Gasteiger partial charge in [-0.1, -0.05) is 24.6 Å². The van der Waals surface area contributed by atoms with Crippen LogP contribution in [0.4, 0.5) is 0 Å². The highest BCUT2D eigenvalue weighted by atomic mass is 16.4. The highest BCUT2D eigenvalue weighted by Gasteiger charge is 2.36. The molecule has 1 saturated carbocycles. The minimum atomic E-state index is -0.763. The molecular formula is C18H24O3. The van der Waals surface area contributed by atoms with Crippen LogP contribution in [0.1, 0.15) is 54.4 Å². The molecule has 0 saturated heterocycles. The van der Waals surface area contributed by atoms with Crippen LogP contribution in [0, 0.1) is 32.6 Å². The van der Waals surface area contributed by atoms with E-state index in [0.29, 0.717) is 19.3 Å². The van der Waals surface area contributed by atoms with E-state index in [0.717, 1.165) is 16.7 Å². The van der Waals surface area contributed by atoms with Crippen LogP contribution < -0.4 is 0 Å². The Hall–Kier alpha value is -1.64. The fraction of sp³-hybridized carbons (Fsp3) is 0.556. The highest BCUT2D eigenvalue weighted by Crippen LogP contribution is 2.36. The van der Waals surface area contributed by atoms with Crippen molar-refractivity contribution in [1.29, 1.82) is 0 Å². The zero-order chi connectivity index (χ0) is 15.7. The molecule has 0 bridgehead atoms. The van der Waals surface area contributed by atoms with Gasteiger partial charge in [-0.3, -0.25) is 9.59 Å². The molecule has 3 nitrogen and oxygen atoms in total. The number of benzene rings is 1. The summed E-state index contributed by atoms with van der Waals surface area (Å²) in [7, 11) is 0. The van der Waals surface area contributed by atoms with Gasteiger partial charge in [0, 0.05) is 11.8 Å². The van der Waals surface area contributed by atoms with Gasteiger partial charge >= 0.3 is 5.97 Å². The number of ketones is 1. The lowest BCUT2D eigenvalue weighted by Gasteiger charge is -2.20. The Balaban J connectivity index is 2.19. The van der Waals surface area contributed by atoms with E-state index in [1.165, 1.54) is 5.56 Å². The third kappa shape index (κ3) is 3.17. The fourth-order valence-corrected chi connectivity index (χ4v) is 3.83. The van der Waals surface area contributed by atoms with E-state index in [1.54, 1.807) is 0 Å². The van der Waals surface area contributed by atoms with E-state index in [4.69, 9.17) is 5.11 Å². The van der Waals surface area contributed by atoms with E-state index in [9.17, 15) is 9.59 Å². The van der Waals surface area contributed by atoms with Crippen LogP contribution in [0.3, 0.4) is 0 Å². The SMILES string of the molecule is Cc1cc(C)c(C(C)C(=O)C2CCC(C(=O)O)C2)c(C)c1. The van der Waals surface area contributed by atoms with Crippen LogP contribution in [-0.4, -0.2) is 16.9 Å². The third-order valence-electron chi connectivity index (χ3n) is 4.78. The summed E-state index contributed by atoms with van der Waals surface area (Å²) in [5, 5.41) is 9.08. The maximum Gasteiger partial charge on any atom is 0.306 e. The molecule has 0 heterocycles. The number of hydrogen-bond donors (Lipinski definition) is 1. The Labute approximate surface area is 126 Å². The Morgan fingerprint density at radius 1 is 1.10 bits per heavy atom. The van der Waals surface area contributed by atoms with E-state index in [-0.39, 0.29) is 23.5 Å². The summed E-state index contributed by atoms with van der Waals surface area (Å²) in [6.45, 7) is 8.12. The second kappa shape index (κ2) is 6.00. The molecule has 1 N–H and O–H groups in total.